The van der Waals surface area contributed by atoms with Crippen LogP contribution in [0.5, 0.6) is 0 Å². The SMILES string of the molecule is CC(CN)CN1CCN(S(=O)(=O)c2ccccc2F)CC1. The highest BCUT2D eigenvalue weighted by atomic mass is 32.2. The molecule has 1 fully saturated rings. The van der Waals surface area contributed by atoms with Crippen LogP contribution in [0.3, 0.4) is 0 Å². The van der Waals surface area contributed by atoms with Crippen LogP contribution in [0, 0.1) is 11.7 Å². The predicted octanol–water partition coefficient (Wildman–Crippen LogP) is 0.727. The molecular formula is C14H22FN3O2S. The zero-order valence-corrected chi connectivity index (χ0v) is 13.0. The van der Waals surface area contributed by atoms with Gasteiger partial charge in [-0.3, -0.25) is 0 Å². The number of nitrogens with zero attached hydrogens (tertiary/aromatic N) is 2. The molecule has 0 spiro atoms. The van der Waals surface area contributed by atoms with Gasteiger partial charge in [0.1, 0.15) is 10.7 Å². The number of benzene rings is 1. The van der Waals surface area contributed by atoms with Gasteiger partial charge in [0.05, 0.1) is 0 Å². The summed E-state index contributed by atoms with van der Waals surface area (Å²) in [6, 6.07) is 5.51. The van der Waals surface area contributed by atoms with Crippen LogP contribution in [-0.4, -0.2) is 56.9 Å². The molecule has 1 aromatic rings. The summed E-state index contributed by atoms with van der Waals surface area (Å²) in [5.41, 5.74) is 5.60. The third-order valence-electron chi connectivity index (χ3n) is 3.76. The van der Waals surface area contributed by atoms with Crippen molar-refractivity contribution in [2.75, 3.05) is 39.3 Å². The van der Waals surface area contributed by atoms with Crippen LogP contribution in [0.15, 0.2) is 29.2 Å². The molecule has 1 aliphatic rings. The molecule has 0 amide bonds. The molecule has 2 N–H and O–H groups in total. The van der Waals surface area contributed by atoms with Crippen molar-refractivity contribution >= 4 is 10.0 Å². The van der Waals surface area contributed by atoms with Crippen LogP contribution in [0.1, 0.15) is 6.92 Å². The van der Waals surface area contributed by atoms with E-state index in [0.717, 1.165) is 6.54 Å². The van der Waals surface area contributed by atoms with Crippen molar-refractivity contribution in [3.63, 3.8) is 0 Å². The molecule has 2 rings (SSSR count). The zero-order valence-electron chi connectivity index (χ0n) is 12.2. The third-order valence-corrected chi connectivity index (χ3v) is 5.69. The van der Waals surface area contributed by atoms with Crippen LogP contribution in [-0.2, 0) is 10.0 Å². The van der Waals surface area contributed by atoms with Crippen molar-refractivity contribution < 1.29 is 12.8 Å². The summed E-state index contributed by atoms with van der Waals surface area (Å²) < 4.78 is 39.9. The number of rotatable bonds is 5. The highest BCUT2D eigenvalue weighted by Crippen LogP contribution is 2.20. The normalized spacial score (nSPS) is 19.6. The lowest BCUT2D eigenvalue weighted by molar-refractivity contribution is 0.169. The van der Waals surface area contributed by atoms with Gasteiger partial charge in [-0.05, 0) is 24.6 Å². The first-order valence-electron chi connectivity index (χ1n) is 7.12. The quantitative estimate of drug-likeness (QED) is 0.870. The Labute approximate surface area is 125 Å². The maximum absolute atomic E-state index is 13.7. The summed E-state index contributed by atoms with van der Waals surface area (Å²) in [4.78, 5) is 1.96. The molecule has 1 saturated heterocycles. The molecule has 1 atom stereocenters. The van der Waals surface area contributed by atoms with E-state index in [1.807, 2.05) is 0 Å². The number of sulfonamides is 1. The van der Waals surface area contributed by atoms with Crippen LogP contribution >= 0.6 is 0 Å². The fourth-order valence-electron chi connectivity index (χ4n) is 2.46. The summed E-state index contributed by atoms with van der Waals surface area (Å²) in [6.45, 7) is 5.62. The van der Waals surface area contributed by atoms with Crippen LogP contribution in [0.4, 0.5) is 4.39 Å². The minimum absolute atomic E-state index is 0.242. The summed E-state index contributed by atoms with van der Waals surface area (Å²) in [6.07, 6.45) is 0. The van der Waals surface area contributed by atoms with Gasteiger partial charge in [-0.2, -0.15) is 4.31 Å². The van der Waals surface area contributed by atoms with E-state index in [0.29, 0.717) is 38.6 Å². The highest BCUT2D eigenvalue weighted by Gasteiger charge is 2.30. The highest BCUT2D eigenvalue weighted by molar-refractivity contribution is 7.89. The van der Waals surface area contributed by atoms with Gasteiger partial charge in [0.15, 0.2) is 0 Å². The second-order valence-electron chi connectivity index (χ2n) is 5.48. The number of nitrogens with two attached hydrogens (primary N) is 1. The fourth-order valence-corrected chi connectivity index (χ4v) is 3.95. The standard InChI is InChI=1S/C14H22FN3O2S/c1-12(10-16)11-17-6-8-18(9-7-17)21(19,20)14-5-3-2-4-13(14)15/h2-5,12H,6-11,16H2,1H3. The van der Waals surface area contributed by atoms with Crippen LogP contribution in [0.25, 0.3) is 0 Å². The lowest BCUT2D eigenvalue weighted by Crippen LogP contribution is -2.50. The van der Waals surface area contributed by atoms with Gasteiger partial charge in [0, 0.05) is 32.7 Å². The first-order valence-corrected chi connectivity index (χ1v) is 8.56. The van der Waals surface area contributed by atoms with Gasteiger partial charge in [-0.15, -0.1) is 0 Å². The zero-order chi connectivity index (χ0) is 15.5. The lowest BCUT2D eigenvalue weighted by Gasteiger charge is -2.35. The first kappa shape index (κ1) is 16.4. The van der Waals surface area contributed by atoms with Crippen molar-refractivity contribution in [3.05, 3.63) is 30.1 Å². The van der Waals surface area contributed by atoms with Gasteiger partial charge >= 0.3 is 0 Å². The largest absolute Gasteiger partial charge is 0.330 e. The molecule has 1 aromatic carbocycles. The van der Waals surface area contributed by atoms with E-state index in [1.54, 1.807) is 0 Å². The molecule has 0 bridgehead atoms. The number of halogens is 1. The second kappa shape index (κ2) is 6.83. The molecular weight excluding hydrogens is 293 g/mol. The molecule has 1 heterocycles. The second-order valence-corrected chi connectivity index (χ2v) is 7.38. The smallest absolute Gasteiger partial charge is 0.246 e. The Morgan fingerprint density at radius 2 is 1.86 bits per heavy atom. The Kier molecular flexibility index (Phi) is 5.32. The average Bonchev–Trinajstić information content (AvgIpc) is 2.48. The maximum Gasteiger partial charge on any atom is 0.246 e. The van der Waals surface area contributed by atoms with E-state index in [1.165, 1.54) is 28.6 Å². The van der Waals surface area contributed by atoms with Crippen molar-refractivity contribution in [1.82, 2.24) is 9.21 Å². The molecule has 5 nitrogen and oxygen atoms in total. The molecule has 1 aliphatic heterocycles. The molecule has 21 heavy (non-hydrogen) atoms. The topological polar surface area (TPSA) is 66.6 Å². The summed E-state index contributed by atoms with van der Waals surface area (Å²) in [7, 11) is -3.74. The van der Waals surface area contributed by atoms with Gasteiger partial charge in [-0.25, -0.2) is 12.8 Å². The van der Waals surface area contributed by atoms with E-state index < -0.39 is 15.8 Å². The first-order chi connectivity index (χ1) is 9.95. The predicted molar refractivity (Wildman–Crippen MR) is 79.8 cm³/mol. The van der Waals surface area contributed by atoms with Crippen LogP contribution < -0.4 is 5.73 Å². The summed E-state index contributed by atoms with van der Waals surface area (Å²) in [5, 5.41) is 0. The number of piperazine rings is 1. The van der Waals surface area contributed by atoms with E-state index in [9.17, 15) is 12.8 Å². The molecule has 0 aliphatic carbocycles. The molecule has 7 heteroatoms. The monoisotopic (exact) mass is 315 g/mol. The molecule has 0 radical (unpaired) electrons. The minimum atomic E-state index is -3.74. The van der Waals surface area contributed by atoms with Crippen molar-refractivity contribution in [3.8, 4) is 0 Å². The van der Waals surface area contributed by atoms with Gasteiger partial charge in [0.2, 0.25) is 10.0 Å². The lowest BCUT2D eigenvalue weighted by atomic mass is 10.1. The number of hydrogen-bond donors (Lipinski definition) is 1. The van der Waals surface area contributed by atoms with Gasteiger partial charge < -0.3 is 10.6 Å². The molecule has 0 aromatic heterocycles. The minimum Gasteiger partial charge on any atom is -0.330 e. The van der Waals surface area contributed by atoms with E-state index in [4.69, 9.17) is 5.73 Å². The molecule has 1 unspecified atom stereocenters. The Bertz CT molecular complexity index is 571. The Hall–Kier alpha value is -1.02. The Balaban J connectivity index is 2.03. The summed E-state index contributed by atoms with van der Waals surface area (Å²) in [5.74, 6) is -0.309. The average molecular weight is 315 g/mol. The van der Waals surface area contributed by atoms with Crippen molar-refractivity contribution in [1.29, 1.82) is 0 Å². The Morgan fingerprint density at radius 1 is 1.24 bits per heavy atom. The van der Waals surface area contributed by atoms with E-state index >= 15 is 0 Å². The van der Waals surface area contributed by atoms with Crippen molar-refractivity contribution in [2.45, 2.75) is 11.8 Å². The Morgan fingerprint density at radius 3 is 2.43 bits per heavy atom. The van der Waals surface area contributed by atoms with Crippen molar-refractivity contribution in [2.24, 2.45) is 11.7 Å². The molecule has 0 saturated carbocycles. The van der Waals surface area contributed by atoms with Gasteiger partial charge in [0.25, 0.3) is 0 Å². The third kappa shape index (κ3) is 3.79. The van der Waals surface area contributed by atoms with E-state index in [2.05, 4.69) is 11.8 Å². The fraction of sp³-hybridized carbons (Fsp3) is 0.571. The van der Waals surface area contributed by atoms with Crippen LogP contribution in [0.2, 0.25) is 0 Å². The molecule has 118 valence electrons. The summed E-state index contributed by atoms with van der Waals surface area (Å²) >= 11 is 0. The van der Waals surface area contributed by atoms with E-state index in [-0.39, 0.29) is 4.90 Å². The maximum atomic E-state index is 13.7. The van der Waals surface area contributed by atoms with Gasteiger partial charge in [-0.1, -0.05) is 19.1 Å². The number of hydrogen-bond acceptors (Lipinski definition) is 4.